The van der Waals surface area contributed by atoms with Crippen molar-refractivity contribution in [2.24, 2.45) is 0 Å². The van der Waals surface area contributed by atoms with Gasteiger partial charge < -0.3 is 10.0 Å². The molecule has 0 radical (unpaired) electrons. The summed E-state index contributed by atoms with van der Waals surface area (Å²) in [5, 5.41) is 8.77. The number of amides is 1. The Morgan fingerprint density at radius 1 is 1.14 bits per heavy atom. The zero-order valence-electron chi connectivity index (χ0n) is 12.4. The molecule has 0 saturated heterocycles. The topological polar surface area (TPSA) is 83.4 Å². The summed E-state index contributed by atoms with van der Waals surface area (Å²) in [5.41, 5.74) is 1.10. The highest BCUT2D eigenvalue weighted by molar-refractivity contribution is 5.92. The molecule has 22 heavy (non-hydrogen) atoms. The first-order valence-corrected chi connectivity index (χ1v) is 6.84. The number of rotatable bonds is 5. The van der Waals surface area contributed by atoms with Crippen molar-refractivity contribution < 1.29 is 14.7 Å². The van der Waals surface area contributed by atoms with Gasteiger partial charge in [0.15, 0.2) is 5.69 Å². The van der Waals surface area contributed by atoms with Gasteiger partial charge in [-0.15, -0.1) is 0 Å². The number of aromatic nitrogens is 2. The van der Waals surface area contributed by atoms with E-state index in [9.17, 15) is 9.59 Å². The summed E-state index contributed by atoms with van der Waals surface area (Å²) in [6.45, 7) is 2.57. The summed E-state index contributed by atoms with van der Waals surface area (Å²) in [7, 11) is 1.69. The number of benzene rings is 1. The maximum Gasteiger partial charge on any atom is 0.356 e. The molecular weight excluding hydrogens is 282 g/mol. The van der Waals surface area contributed by atoms with Crippen LogP contribution < -0.4 is 0 Å². The normalized spacial score (nSPS) is 11.7. The largest absolute Gasteiger partial charge is 0.476 e. The molecule has 6 nitrogen and oxygen atoms in total. The molecule has 6 heteroatoms. The summed E-state index contributed by atoms with van der Waals surface area (Å²) in [6, 6.07) is 9.91. The zero-order chi connectivity index (χ0) is 16.1. The standard InChI is InChI=1S/C16H17N3O3/c1-11(12-6-4-3-5-7-12)10-19(2)15(20)13-8-18-14(9-17-13)16(21)22/h3-9,11H,10H2,1-2H3,(H,21,22). The molecule has 2 aromatic rings. The third-order valence-electron chi connectivity index (χ3n) is 3.35. The lowest BCUT2D eigenvalue weighted by molar-refractivity contribution is 0.0687. The van der Waals surface area contributed by atoms with Gasteiger partial charge in [0.25, 0.3) is 5.91 Å². The highest BCUT2D eigenvalue weighted by atomic mass is 16.4. The van der Waals surface area contributed by atoms with Gasteiger partial charge in [0.1, 0.15) is 5.69 Å². The van der Waals surface area contributed by atoms with Crippen LogP contribution in [0.2, 0.25) is 0 Å². The minimum absolute atomic E-state index is 0.132. The Kier molecular flexibility index (Phi) is 4.83. The van der Waals surface area contributed by atoms with Crippen LogP contribution >= 0.6 is 0 Å². The van der Waals surface area contributed by atoms with E-state index in [0.29, 0.717) is 6.54 Å². The summed E-state index contributed by atoms with van der Waals surface area (Å²) in [5.74, 6) is -1.27. The molecule has 0 aliphatic rings. The first-order chi connectivity index (χ1) is 10.5. The van der Waals surface area contributed by atoms with E-state index in [-0.39, 0.29) is 23.2 Å². The van der Waals surface area contributed by atoms with E-state index in [1.54, 1.807) is 11.9 Å². The van der Waals surface area contributed by atoms with E-state index in [1.165, 1.54) is 6.20 Å². The maximum atomic E-state index is 12.3. The highest BCUT2D eigenvalue weighted by Crippen LogP contribution is 2.16. The van der Waals surface area contributed by atoms with Crippen LogP contribution in [0.4, 0.5) is 0 Å². The SMILES string of the molecule is CC(CN(C)C(=O)c1cnc(C(=O)O)cn1)c1ccccc1. The fraction of sp³-hybridized carbons (Fsp3) is 0.250. The second-order valence-corrected chi connectivity index (χ2v) is 5.09. The van der Waals surface area contributed by atoms with E-state index in [2.05, 4.69) is 9.97 Å². The number of carbonyl (C=O) groups excluding carboxylic acids is 1. The molecule has 1 amide bonds. The number of likely N-dealkylation sites (N-methyl/N-ethyl adjacent to an activating group) is 1. The van der Waals surface area contributed by atoms with Gasteiger partial charge in [-0.3, -0.25) is 4.79 Å². The van der Waals surface area contributed by atoms with Gasteiger partial charge in [-0.1, -0.05) is 37.3 Å². The van der Waals surface area contributed by atoms with Crippen molar-refractivity contribution in [3.05, 3.63) is 59.7 Å². The second-order valence-electron chi connectivity index (χ2n) is 5.09. The van der Waals surface area contributed by atoms with Crippen LogP contribution in [-0.4, -0.2) is 45.4 Å². The van der Waals surface area contributed by atoms with Crippen molar-refractivity contribution in [1.29, 1.82) is 0 Å². The van der Waals surface area contributed by atoms with Crippen LogP contribution in [0.15, 0.2) is 42.7 Å². The fourth-order valence-electron chi connectivity index (χ4n) is 2.13. The molecule has 0 fully saturated rings. The summed E-state index contributed by atoms with van der Waals surface area (Å²) >= 11 is 0. The minimum atomic E-state index is -1.17. The number of aromatic carboxylic acids is 1. The van der Waals surface area contributed by atoms with Gasteiger partial charge in [0.2, 0.25) is 0 Å². The molecular formula is C16H17N3O3. The predicted octanol–water partition coefficient (Wildman–Crippen LogP) is 2.05. The lowest BCUT2D eigenvalue weighted by Crippen LogP contribution is -2.31. The van der Waals surface area contributed by atoms with Crippen LogP contribution in [0, 0.1) is 0 Å². The zero-order valence-corrected chi connectivity index (χ0v) is 12.4. The first kappa shape index (κ1) is 15.6. The van der Waals surface area contributed by atoms with Crippen molar-refractivity contribution in [1.82, 2.24) is 14.9 Å². The molecule has 2 rings (SSSR count). The summed E-state index contributed by atoms with van der Waals surface area (Å²) in [6.07, 6.45) is 2.28. The van der Waals surface area contributed by atoms with Gasteiger partial charge in [-0.05, 0) is 11.5 Å². The van der Waals surface area contributed by atoms with Gasteiger partial charge >= 0.3 is 5.97 Å². The molecule has 0 bridgehead atoms. The fourth-order valence-corrected chi connectivity index (χ4v) is 2.13. The average Bonchev–Trinajstić information content (AvgIpc) is 2.55. The van der Waals surface area contributed by atoms with Gasteiger partial charge in [-0.2, -0.15) is 0 Å². The molecule has 1 unspecified atom stereocenters. The number of carboxylic acid groups (broad SMARTS) is 1. The first-order valence-electron chi connectivity index (χ1n) is 6.84. The molecule has 1 heterocycles. The molecule has 1 atom stereocenters. The predicted molar refractivity (Wildman–Crippen MR) is 80.8 cm³/mol. The summed E-state index contributed by atoms with van der Waals surface area (Å²) < 4.78 is 0. The van der Waals surface area contributed by atoms with E-state index in [0.717, 1.165) is 11.8 Å². The molecule has 0 aliphatic carbocycles. The average molecular weight is 299 g/mol. The van der Waals surface area contributed by atoms with E-state index < -0.39 is 5.97 Å². The van der Waals surface area contributed by atoms with E-state index in [1.807, 2.05) is 37.3 Å². The lowest BCUT2D eigenvalue weighted by atomic mass is 10.0. The monoisotopic (exact) mass is 299 g/mol. The Balaban J connectivity index is 2.04. The molecule has 0 spiro atoms. The van der Waals surface area contributed by atoms with E-state index >= 15 is 0 Å². The Hall–Kier alpha value is -2.76. The van der Waals surface area contributed by atoms with Crippen molar-refractivity contribution in [2.75, 3.05) is 13.6 Å². The minimum Gasteiger partial charge on any atom is -0.476 e. The molecule has 0 saturated carbocycles. The maximum absolute atomic E-state index is 12.3. The summed E-state index contributed by atoms with van der Waals surface area (Å²) in [4.78, 5) is 32.1. The van der Waals surface area contributed by atoms with Crippen LogP contribution in [0.1, 0.15) is 39.4 Å². The van der Waals surface area contributed by atoms with Crippen molar-refractivity contribution >= 4 is 11.9 Å². The smallest absolute Gasteiger partial charge is 0.356 e. The Morgan fingerprint density at radius 2 is 1.73 bits per heavy atom. The molecule has 1 N–H and O–H groups in total. The van der Waals surface area contributed by atoms with Gasteiger partial charge in [0, 0.05) is 13.6 Å². The Bertz CT molecular complexity index is 656. The van der Waals surface area contributed by atoms with Crippen LogP contribution in [-0.2, 0) is 0 Å². The molecule has 1 aromatic carbocycles. The van der Waals surface area contributed by atoms with Crippen LogP contribution in [0.5, 0.6) is 0 Å². The third kappa shape index (κ3) is 3.66. The van der Waals surface area contributed by atoms with Crippen molar-refractivity contribution in [2.45, 2.75) is 12.8 Å². The second kappa shape index (κ2) is 6.80. The number of carbonyl (C=O) groups is 2. The quantitative estimate of drug-likeness (QED) is 0.913. The highest BCUT2D eigenvalue weighted by Gasteiger charge is 2.17. The number of nitrogens with zero attached hydrogens (tertiary/aromatic N) is 3. The van der Waals surface area contributed by atoms with Crippen molar-refractivity contribution in [3.8, 4) is 0 Å². The number of carboxylic acids is 1. The Labute approximate surface area is 128 Å². The molecule has 0 aliphatic heterocycles. The van der Waals surface area contributed by atoms with Crippen molar-refractivity contribution in [3.63, 3.8) is 0 Å². The van der Waals surface area contributed by atoms with Crippen LogP contribution in [0.3, 0.4) is 0 Å². The number of hydrogen-bond acceptors (Lipinski definition) is 4. The van der Waals surface area contributed by atoms with Crippen LogP contribution in [0.25, 0.3) is 0 Å². The Morgan fingerprint density at radius 3 is 2.27 bits per heavy atom. The third-order valence-corrected chi connectivity index (χ3v) is 3.35. The van der Waals surface area contributed by atoms with E-state index in [4.69, 9.17) is 5.11 Å². The molecule has 114 valence electrons. The number of hydrogen-bond donors (Lipinski definition) is 1. The lowest BCUT2D eigenvalue weighted by Gasteiger charge is -2.21. The molecule has 1 aromatic heterocycles. The van der Waals surface area contributed by atoms with Gasteiger partial charge in [-0.25, -0.2) is 14.8 Å². The van der Waals surface area contributed by atoms with Gasteiger partial charge in [0.05, 0.1) is 12.4 Å².